The van der Waals surface area contributed by atoms with E-state index in [4.69, 9.17) is 9.47 Å². The third-order valence-corrected chi connectivity index (χ3v) is 3.35. The van der Waals surface area contributed by atoms with Crippen LogP contribution in [0, 0.1) is 0 Å². The standard InChI is InChI=1S/C12H22O3S/c1-3-4-5-6-7-11-14-10(8-9-16-2)12(13)15-11/h10-11H,3-9H2,1-2H3. The highest BCUT2D eigenvalue weighted by Gasteiger charge is 2.34. The number of rotatable bonds is 8. The van der Waals surface area contributed by atoms with Gasteiger partial charge in [-0.05, 0) is 24.9 Å². The molecule has 0 amide bonds. The molecule has 2 unspecified atom stereocenters. The minimum absolute atomic E-state index is 0.172. The van der Waals surface area contributed by atoms with Crippen molar-refractivity contribution in [1.82, 2.24) is 0 Å². The normalized spacial score (nSPS) is 24.8. The number of thioether (sulfide) groups is 1. The molecular weight excluding hydrogens is 224 g/mol. The maximum Gasteiger partial charge on any atom is 0.337 e. The summed E-state index contributed by atoms with van der Waals surface area (Å²) >= 11 is 1.73. The Balaban J connectivity index is 2.14. The lowest BCUT2D eigenvalue weighted by Crippen LogP contribution is -2.16. The number of carbonyl (C=O) groups is 1. The zero-order valence-corrected chi connectivity index (χ0v) is 11.1. The van der Waals surface area contributed by atoms with E-state index in [0.29, 0.717) is 0 Å². The lowest BCUT2D eigenvalue weighted by atomic mass is 10.1. The molecule has 0 spiro atoms. The molecule has 0 radical (unpaired) electrons. The molecule has 0 bridgehead atoms. The minimum Gasteiger partial charge on any atom is -0.434 e. The predicted molar refractivity (Wildman–Crippen MR) is 66.5 cm³/mol. The maximum absolute atomic E-state index is 11.4. The molecule has 0 N–H and O–H groups in total. The summed E-state index contributed by atoms with van der Waals surface area (Å²) in [5.74, 6) is 0.775. The van der Waals surface area contributed by atoms with E-state index in [9.17, 15) is 4.79 Å². The summed E-state index contributed by atoms with van der Waals surface area (Å²) in [5, 5.41) is 0. The van der Waals surface area contributed by atoms with Gasteiger partial charge >= 0.3 is 5.97 Å². The number of carbonyl (C=O) groups excluding carboxylic acids is 1. The Morgan fingerprint density at radius 3 is 2.75 bits per heavy atom. The van der Waals surface area contributed by atoms with Gasteiger partial charge in [0, 0.05) is 6.42 Å². The Bertz CT molecular complexity index is 208. The van der Waals surface area contributed by atoms with Gasteiger partial charge in [-0.25, -0.2) is 4.79 Å². The molecule has 3 nitrogen and oxygen atoms in total. The van der Waals surface area contributed by atoms with E-state index < -0.39 is 0 Å². The van der Waals surface area contributed by atoms with Crippen LogP contribution in [-0.4, -0.2) is 30.4 Å². The predicted octanol–water partition coefficient (Wildman–Crippen LogP) is 2.98. The molecule has 1 saturated heterocycles. The fraction of sp³-hybridized carbons (Fsp3) is 0.917. The first-order valence-corrected chi connectivity index (χ1v) is 7.52. The van der Waals surface area contributed by atoms with Crippen molar-refractivity contribution in [2.24, 2.45) is 0 Å². The number of hydrogen-bond donors (Lipinski definition) is 0. The molecule has 0 aliphatic carbocycles. The molecule has 0 aromatic carbocycles. The van der Waals surface area contributed by atoms with Gasteiger partial charge < -0.3 is 9.47 Å². The van der Waals surface area contributed by atoms with E-state index in [0.717, 1.165) is 25.0 Å². The molecule has 0 saturated carbocycles. The second kappa shape index (κ2) is 7.96. The van der Waals surface area contributed by atoms with Crippen LogP contribution in [0.25, 0.3) is 0 Å². The molecule has 1 aliphatic rings. The van der Waals surface area contributed by atoms with E-state index in [2.05, 4.69) is 6.92 Å². The Kier molecular flexibility index (Phi) is 6.88. The first-order chi connectivity index (χ1) is 7.77. The van der Waals surface area contributed by atoms with Crippen LogP contribution in [0.4, 0.5) is 0 Å². The molecule has 1 heterocycles. The summed E-state index contributed by atoms with van der Waals surface area (Å²) in [4.78, 5) is 11.4. The third-order valence-electron chi connectivity index (χ3n) is 2.70. The first-order valence-electron chi connectivity index (χ1n) is 6.12. The first kappa shape index (κ1) is 13.8. The molecule has 1 rings (SSSR count). The van der Waals surface area contributed by atoms with Crippen LogP contribution < -0.4 is 0 Å². The maximum atomic E-state index is 11.4. The molecular formula is C12H22O3S. The topological polar surface area (TPSA) is 35.5 Å². The van der Waals surface area contributed by atoms with Crippen molar-refractivity contribution in [2.75, 3.05) is 12.0 Å². The van der Waals surface area contributed by atoms with Crippen molar-refractivity contribution in [3.05, 3.63) is 0 Å². The smallest absolute Gasteiger partial charge is 0.337 e. The number of hydrogen-bond acceptors (Lipinski definition) is 4. The summed E-state index contributed by atoms with van der Waals surface area (Å²) in [7, 11) is 0. The van der Waals surface area contributed by atoms with Gasteiger partial charge in [0.05, 0.1) is 0 Å². The average Bonchev–Trinajstić information content (AvgIpc) is 2.63. The van der Waals surface area contributed by atoms with Crippen molar-refractivity contribution in [3.8, 4) is 0 Å². The number of unbranched alkanes of at least 4 members (excludes halogenated alkanes) is 3. The molecule has 2 atom stereocenters. The van der Waals surface area contributed by atoms with Crippen molar-refractivity contribution in [2.45, 2.75) is 57.8 Å². The molecule has 1 fully saturated rings. The van der Waals surface area contributed by atoms with Crippen molar-refractivity contribution in [1.29, 1.82) is 0 Å². The second-order valence-corrected chi connectivity index (χ2v) is 5.11. The van der Waals surface area contributed by atoms with Gasteiger partial charge in [0.15, 0.2) is 6.10 Å². The Morgan fingerprint density at radius 2 is 2.06 bits per heavy atom. The zero-order valence-electron chi connectivity index (χ0n) is 10.2. The van der Waals surface area contributed by atoms with Crippen molar-refractivity contribution >= 4 is 17.7 Å². The monoisotopic (exact) mass is 246 g/mol. The van der Waals surface area contributed by atoms with Gasteiger partial charge in [-0.1, -0.05) is 26.2 Å². The van der Waals surface area contributed by atoms with Crippen LogP contribution in [0.1, 0.15) is 45.4 Å². The number of ether oxygens (including phenoxy) is 2. The van der Waals surface area contributed by atoms with Crippen LogP contribution >= 0.6 is 11.8 Å². The van der Waals surface area contributed by atoms with Gasteiger partial charge in [0.1, 0.15) is 0 Å². The fourth-order valence-electron chi connectivity index (χ4n) is 1.75. The van der Waals surface area contributed by atoms with Crippen LogP contribution in [0.15, 0.2) is 0 Å². The fourth-order valence-corrected chi connectivity index (χ4v) is 2.20. The molecule has 1 aliphatic heterocycles. The minimum atomic E-state index is -0.316. The quantitative estimate of drug-likeness (QED) is 0.487. The Labute approximate surface area is 102 Å². The van der Waals surface area contributed by atoms with Gasteiger partial charge in [0.2, 0.25) is 6.29 Å². The summed E-state index contributed by atoms with van der Waals surface area (Å²) in [6.45, 7) is 2.19. The van der Waals surface area contributed by atoms with Gasteiger partial charge in [0.25, 0.3) is 0 Å². The number of esters is 1. The van der Waals surface area contributed by atoms with E-state index >= 15 is 0 Å². The summed E-state index contributed by atoms with van der Waals surface area (Å²) in [5.41, 5.74) is 0. The van der Waals surface area contributed by atoms with Gasteiger partial charge in [-0.2, -0.15) is 11.8 Å². The van der Waals surface area contributed by atoms with Gasteiger partial charge in [-0.15, -0.1) is 0 Å². The van der Waals surface area contributed by atoms with Crippen molar-refractivity contribution < 1.29 is 14.3 Å². The largest absolute Gasteiger partial charge is 0.434 e. The van der Waals surface area contributed by atoms with E-state index in [-0.39, 0.29) is 18.4 Å². The van der Waals surface area contributed by atoms with Crippen molar-refractivity contribution in [3.63, 3.8) is 0 Å². The zero-order chi connectivity index (χ0) is 11.8. The second-order valence-electron chi connectivity index (χ2n) is 4.12. The molecule has 0 aromatic heterocycles. The summed E-state index contributed by atoms with van der Waals surface area (Å²) in [6.07, 6.45) is 7.80. The average molecular weight is 246 g/mol. The van der Waals surface area contributed by atoms with E-state index in [1.807, 2.05) is 6.26 Å². The number of cyclic esters (lactones) is 1. The molecule has 16 heavy (non-hydrogen) atoms. The van der Waals surface area contributed by atoms with Gasteiger partial charge in [-0.3, -0.25) is 0 Å². The van der Waals surface area contributed by atoms with E-state index in [1.54, 1.807) is 11.8 Å². The third kappa shape index (κ3) is 4.74. The van der Waals surface area contributed by atoms with Crippen LogP contribution in [0.2, 0.25) is 0 Å². The molecule has 4 heteroatoms. The van der Waals surface area contributed by atoms with Crippen LogP contribution in [0.5, 0.6) is 0 Å². The summed E-state index contributed by atoms with van der Waals surface area (Å²) in [6, 6.07) is 0. The molecule has 94 valence electrons. The SMILES string of the molecule is CCCCCCC1OC(=O)C(CCSC)O1. The Morgan fingerprint density at radius 1 is 1.25 bits per heavy atom. The highest BCUT2D eigenvalue weighted by Crippen LogP contribution is 2.21. The van der Waals surface area contributed by atoms with Crippen LogP contribution in [0.3, 0.4) is 0 Å². The lowest BCUT2D eigenvalue weighted by Gasteiger charge is -2.08. The highest BCUT2D eigenvalue weighted by molar-refractivity contribution is 7.98. The van der Waals surface area contributed by atoms with E-state index in [1.165, 1.54) is 19.3 Å². The summed E-state index contributed by atoms with van der Waals surface area (Å²) < 4.78 is 10.8. The molecule has 0 aromatic rings. The Hall–Kier alpha value is -0.220. The lowest BCUT2D eigenvalue weighted by molar-refractivity contribution is -0.144. The van der Waals surface area contributed by atoms with Crippen LogP contribution in [-0.2, 0) is 14.3 Å². The highest BCUT2D eigenvalue weighted by atomic mass is 32.2.